The Bertz CT molecular complexity index is 597. The molecule has 3 N–H and O–H groups in total. The molecular weight excluding hydrogens is 264 g/mol. The van der Waals surface area contributed by atoms with Crippen molar-refractivity contribution in [1.82, 2.24) is 4.31 Å². The van der Waals surface area contributed by atoms with E-state index in [9.17, 15) is 13.5 Å². The van der Waals surface area contributed by atoms with Crippen LogP contribution in [0.4, 0.5) is 5.69 Å². The Balaban J connectivity index is 1.88. The van der Waals surface area contributed by atoms with E-state index >= 15 is 0 Å². The third kappa shape index (κ3) is 1.94. The van der Waals surface area contributed by atoms with E-state index < -0.39 is 15.6 Å². The Morgan fingerprint density at radius 1 is 1.37 bits per heavy atom. The van der Waals surface area contributed by atoms with Gasteiger partial charge < -0.3 is 10.8 Å². The van der Waals surface area contributed by atoms with Crippen molar-refractivity contribution in [1.29, 1.82) is 0 Å². The van der Waals surface area contributed by atoms with Gasteiger partial charge >= 0.3 is 0 Å². The number of hydrogen-bond acceptors (Lipinski definition) is 4. The second-order valence-corrected chi connectivity index (χ2v) is 7.52. The van der Waals surface area contributed by atoms with Crippen LogP contribution in [0.25, 0.3) is 0 Å². The van der Waals surface area contributed by atoms with Gasteiger partial charge in [0.25, 0.3) is 0 Å². The first kappa shape index (κ1) is 12.9. The van der Waals surface area contributed by atoms with Gasteiger partial charge in [0.05, 0.1) is 11.3 Å². The summed E-state index contributed by atoms with van der Waals surface area (Å²) < 4.78 is 26.4. The highest BCUT2D eigenvalue weighted by Gasteiger charge is 2.55. The average Bonchev–Trinajstić information content (AvgIpc) is 3.07. The van der Waals surface area contributed by atoms with Gasteiger partial charge in [-0.1, -0.05) is 12.1 Å². The maximum absolute atomic E-state index is 12.5. The molecule has 1 aromatic carbocycles. The number of aliphatic hydroxyl groups is 1. The molecule has 2 aliphatic rings. The van der Waals surface area contributed by atoms with E-state index in [1.54, 1.807) is 25.1 Å². The normalized spacial score (nSPS) is 23.1. The molecule has 2 fully saturated rings. The van der Waals surface area contributed by atoms with E-state index in [0.717, 1.165) is 12.8 Å². The van der Waals surface area contributed by atoms with Crippen LogP contribution in [-0.4, -0.2) is 36.5 Å². The molecule has 0 amide bonds. The Hall–Kier alpha value is -1.11. The van der Waals surface area contributed by atoms with Crippen LogP contribution in [0.2, 0.25) is 0 Å². The lowest BCUT2D eigenvalue weighted by Crippen LogP contribution is -2.64. The second kappa shape index (κ2) is 3.94. The standard InChI is InChI=1S/C13H18N2O3S/c1-9-3-2-4-11(14)12(9)19(17,18)15-7-13(16,8-15)10-5-6-10/h2-4,10,16H,5-8,14H2,1H3. The van der Waals surface area contributed by atoms with Gasteiger partial charge in [-0.3, -0.25) is 0 Å². The molecule has 19 heavy (non-hydrogen) atoms. The lowest BCUT2D eigenvalue weighted by molar-refractivity contribution is -0.0764. The van der Waals surface area contributed by atoms with Gasteiger partial charge in [-0.25, -0.2) is 8.42 Å². The number of nitrogen functional groups attached to an aromatic ring is 1. The van der Waals surface area contributed by atoms with E-state index in [2.05, 4.69) is 0 Å². The molecule has 1 heterocycles. The quantitative estimate of drug-likeness (QED) is 0.800. The molecule has 0 aromatic heterocycles. The molecule has 1 aliphatic carbocycles. The summed E-state index contributed by atoms with van der Waals surface area (Å²) in [5.41, 5.74) is 5.89. The van der Waals surface area contributed by atoms with E-state index in [1.807, 2.05) is 0 Å². The lowest BCUT2D eigenvalue weighted by atomic mass is 9.91. The number of anilines is 1. The van der Waals surface area contributed by atoms with Crippen molar-refractivity contribution in [2.75, 3.05) is 18.8 Å². The molecule has 1 saturated carbocycles. The molecule has 0 unspecified atom stereocenters. The minimum Gasteiger partial charge on any atom is -0.398 e. The molecule has 0 bridgehead atoms. The maximum Gasteiger partial charge on any atom is 0.245 e. The number of nitrogens with two attached hydrogens (primary N) is 1. The van der Waals surface area contributed by atoms with Gasteiger partial charge in [0, 0.05) is 13.1 Å². The van der Waals surface area contributed by atoms with Gasteiger partial charge in [0.1, 0.15) is 4.90 Å². The smallest absolute Gasteiger partial charge is 0.245 e. The average molecular weight is 282 g/mol. The van der Waals surface area contributed by atoms with Crippen molar-refractivity contribution in [3.05, 3.63) is 23.8 Å². The number of benzene rings is 1. The SMILES string of the molecule is Cc1cccc(N)c1S(=O)(=O)N1CC(O)(C2CC2)C1. The molecule has 0 radical (unpaired) electrons. The Morgan fingerprint density at radius 2 is 2.00 bits per heavy atom. The molecule has 1 aromatic rings. The fourth-order valence-electron chi connectivity index (χ4n) is 2.77. The number of β-amino-alcohol motifs (C(OH)–C–C–N with tert-alkyl or cyclic N) is 1. The van der Waals surface area contributed by atoms with E-state index in [0.29, 0.717) is 5.56 Å². The third-order valence-corrected chi connectivity index (χ3v) is 6.09. The lowest BCUT2D eigenvalue weighted by Gasteiger charge is -2.46. The highest BCUT2D eigenvalue weighted by atomic mass is 32.2. The molecule has 5 nitrogen and oxygen atoms in total. The predicted octanol–water partition coefficient (Wildman–Crippen LogP) is 0.723. The molecule has 1 aliphatic heterocycles. The number of sulfonamides is 1. The summed E-state index contributed by atoms with van der Waals surface area (Å²) in [4.78, 5) is 0.174. The van der Waals surface area contributed by atoms with Crippen molar-refractivity contribution in [3.8, 4) is 0 Å². The van der Waals surface area contributed by atoms with Crippen LogP contribution in [0.5, 0.6) is 0 Å². The van der Waals surface area contributed by atoms with Gasteiger partial charge in [-0.2, -0.15) is 4.31 Å². The van der Waals surface area contributed by atoms with Crippen molar-refractivity contribution in [3.63, 3.8) is 0 Å². The highest BCUT2D eigenvalue weighted by molar-refractivity contribution is 7.89. The minimum absolute atomic E-state index is 0.174. The summed E-state index contributed by atoms with van der Waals surface area (Å²) in [6.07, 6.45) is 1.99. The predicted molar refractivity (Wildman–Crippen MR) is 72.0 cm³/mol. The first-order valence-electron chi connectivity index (χ1n) is 6.42. The zero-order chi connectivity index (χ0) is 13.8. The molecule has 104 valence electrons. The zero-order valence-corrected chi connectivity index (χ0v) is 11.7. The Morgan fingerprint density at radius 3 is 2.53 bits per heavy atom. The van der Waals surface area contributed by atoms with E-state index in [4.69, 9.17) is 5.73 Å². The molecule has 1 saturated heterocycles. The Kier molecular flexibility index (Phi) is 2.68. The van der Waals surface area contributed by atoms with Crippen LogP contribution in [-0.2, 0) is 10.0 Å². The summed E-state index contributed by atoms with van der Waals surface area (Å²) in [5.74, 6) is 0.271. The molecule has 0 atom stereocenters. The molecule has 0 spiro atoms. The Labute approximate surface area is 113 Å². The third-order valence-electron chi connectivity index (χ3n) is 4.08. The van der Waals surface area contributed by atoms with E-state index in [1.165, 1.54) is 4.31 Å². The fourth-order valence-corrected chi connectivity index (χ4v) is 4.66. The second-order valence-electron chi connectivity index (χ2n) is 5.64. The summed E-state index contributed by atoms with van der Waals surface area (Å²) in [6.45, 7) is 2.11. The first-order chi connectivity index (χ1) is 8.84. The van der Waals surface area contributed by atoms with Crippen LogP contribution in [0.15, 0.2) is 23.1 Å². The first-order valence-corrected chi connectivity index (χ1v) is 7.86. The summed E-state index contributed by atoms with van der Waals surface area (Å²) in [7, 11) is -3.59. The van der Waals surface area contributed by atoms with Gasteiger partial charge in [-0.15, -0.1) is 0 Å². The maximum atomic E-state index is 12.5. The number of aryl methyl sites for hydroxylation is 1. The van der Waals surface area contributed by atoms with Crippen molar-refractivity contribution < 1.29 is 13.5 Å². The molecule has 6 heteroatoms. The van der Waals surface area contributed by atoms with Crippen molar-refractivity contribution in [2.45, 2.75) is 30.3 Å². The van der Waals surface area contributed by atoms with Crippen LogP contribution < -0.4 is 5.73 Å². The van der Waals surface area contributed by atoms with E-state index in [-0.39, 0.29) is 29.6 Å². The van der Waals surface area contributed by atoms with Crippen LogP contribution >= 0.6 is 0 Å². The van der Waals surface area contributed by atoms with Crippen LogP contribution in [0.1, 0.15) is 18.4 Å². The van der Waals surface area contributed by atoms with Gasteiger partial charge in [-0.05, 0) is 37.3 Å². The number of rotatable bonds is 3. The zero-order valence-electron chi connectivity index (χ0n) is 10.8. The summed E-state index contributed by atoms with van der Waals surface area (Å²) in [6, 6.07) is 5.06. The summed E-state index contributed by atoms with van der Waals surface area (Å²) >= 11 is 0. The minimum atomic E-state index is -3.59. The molecule has 3 rings (SSSR count). The van der Waals surface area contributed by atoms with Crippen molar-refractivity contribution >= 4 is 15.7 Å². The topological polar surface area (TPSA) is 83.6 Å². The largest absolute Gasteiger partial charge is 0.398 e. The number of nitrogens with zero attached hydrogens (tertiary/aromatic N) is 1. The van der Waals surface area contributed by atoms with Crippen molar-refractivity contribution in [2.24, 2.45) is 5.92 Å². The van der Waals surface area contributed by atoms with Gasteiger partial charge in [0.2, 0.25) is 10.0 Å². The summed E-state index contributed by atoms with van der Waals surface area (Å²) in [5, 5.41) is 10.2. The highest BCUT2D eigenvalue weighted by Crippen LogP contribution is 2.46. The fraction of sp³-hybridized carbons (Fsp3) is 0.538. The number of hydrogen-bond donors (Lipinski definition) is 2. The molecular formula is C13H18N2O3S. The monoisotopic (exact) mass is 282 g/mol. The van der Waals surface area contributed by atoms with Gasteiger partial charge in [0.15, 0.2) is 0 Å². The van der Waals surface area contributed by atoms with Crippen LogP contribution in [0, 0.1) is 12.8 Å². The van der Waals surface area contributed by atoms with Crippen LogP contribution in [0.3, 0.4) is 0 Å².